The van der Waals surface area contributed by atoms with Crippen molar-refractivity contribution in [1.29, 1.82) is 0 Å². The van der Waals surface area contributed by atoms with Crippen molar-refractivity contribution in [2.45, 2.75) is 47.1 Å². The summed E-state index contributed by atoms with van der Waals surface area (Å²) in [6, 6.07) is 8.13. The molecular weight excluding hydrogens is 252 g/mol. The van der Waals surface area contributed by atoms with Gasteiger partial charge in [0.05, 0.1) is 0 Å². The van der Waals surface area contributed by atoms with E-state index in [1.54, 1.807) is 7.11 Å². The summed E-state index contributed by atoms with van der Waals surface area (Å²) in [5.74, 6) is 0.244. The molecule has 0 aliphatic rings. The molecule has 3 heteroatoms. The van der Waals surface area contributed by atoms with Crippen molar-refractivity contribution in [2.24, 2.45) is 0 Å². The minimum atomic E-state index is -0.309. The molecular formula is C17H28O3. The van der Waals surface area contributed by atoms with Gasteiger partial charge in [-0.15, -0.1) is 0 Å². The van der Waals surface area contributed by atoms with E-state index in [1.165, 1.54) is 19.4 Å². The number of carbonyl (C=O) groups excluding carboxylic acids is 1. The fourth-order valence-electron chi connectivity index (χ4n) is 1.39. The van der Waals surface area contributed by atoms with Gasteiger partial charge < -0.3 is 14.6 Å². The number of aryl methyl sites for hydroxylation is 1. The van der Waals surface area contributed by atoms with Gasteiger partial charge in [0, 0.05) is 13.5 Å². The molecule has 0 heterocycles. The van der Waals surface area contributed by atoms with E-state index in [2.05, 4.69) is 12.6 Å². The first-order valence-electron chi connectivity index (χ1n) is 6.80. The average molecular weight is 280 g/mol. The Balaban J connectivity index is 0. The van der Waals surface area contributed by atoms with Gasteiger partial charge in [-0.25, -0.2) is 0 Å². The molecule has 1 aromatic rings. The highest BCUT2D eigenvalue weighted by atomic mass is 16.5. The van der Waals surface area contributed by atoms with E-state index in [1.807, 2.05) is 39.0 Å². The van der Waals surface area contributed by atoms with E-state index in [0.29, 0.717) is 6.42 Å². The van der Waals surface area contributed by atoms with Gasteiger partial charge in [0.15, 0.2) is 0 Å². The molecule has 114 valence electrons. The Hall–Kier alpha value is -1.61. The maximum Gasteiger partial charge on any atom is 0.126 e. The molecule has 0 fully saturated rings. The number of ketones is 1. The van der Waals surface area contributed by atoms with Crippen molar-refractivity contribution in [3.05, 3.63) is 47.7 Å². The Morgan fingerprint density at radius 1 is 1.35 bits per heavy atom. The summed E-state index contributed by atoms with van der Waals surface area (Å²) in [7, 11) is 1.57. The fraction of sp³-hybridized carbons (Fsp3) is 0.471. The fourth-order valence-corrected chi connectivity index (χ4v) is 1.39. The van der Waals surface area contributed by atoms with E-state index in [4.69, 9.17) is 4.74 Å². The SMILES string of the molecule is C=C(O)C(Cc1cccc(C)c1)OC.CC.CC(C)=O. The van der Waals surface area contributed by atoms with Crippen LogP contribution in [0, 0.1) is 6.92 Å². The second-order valence-corrected chi connectivity index (χ2v) is 4.32. The van der Waals surface area contributed by atoms with Crippen LogP contribution in [0.15, 0.2) is 36.6 Å². The van der Waals surface area contributed by atoms with Gasteiger partial charge in [0.1, 0.15) is 17.6 Å². The summed E-state index contributed by atoms with van der Waals surface area (Å²) in [5.41, 5.74) is 2.35. The molecule has 0 aliphatic carbocycles. The number of aliphatic hydroxyl groups excluding tert-OH is 1. The van der Waals surface area contributed by atoms with Crippen LogP contribution >= 0.6 is 0 Å². The topological polar surface area (TPSA) is 46.5 Å². The van der Waals surface area contributed by atoms with Crippen LogP contribution < -0.4 is 0 Å². The van der Waals surface area contributed by atoms with Crippen molar-refractivity contribution < 1.29 is 14.6 Å². The number of rotatable bonds is 4. The third-order valence-corrected chi connectivity index (χ3v) is 2.16. The van der Waals surface area contributed by atoms with Crippen molar-refractivity contribution in [3.63, 3.8) is 0 Å². The smallest absolute Gasteiger partial charge is 0.126 e. The molecule has 1 unspecified atom stereocenters. The lowest BCUT2D eigenvalue weighted by Crippen LogP contribution is -2.16. The highest BCUT2D eigenvalue weighted by molar-refractivity contribution is 5.72. The third-order valence-electron chi connectivity index (χ3n) is 2.16. The highest BCUT2D eigenvalue weighted by Gasteiger charge is 2.11. The molecule has 1 aromatic carbocycles. The van der Waals surface area contributed by atoms with Crippen LogP contribution in [0.25, 0.3) is 0 Å². The number of hydrogen-bond donors (Lipinski definition) is 1. The Kier molecular flexibility index (Phi) is 12.9. The molecule has 0 aliphatic heterocycles. The van der Waals surface area contributed by atoms with Gasteiger partial charge in [0.2, 0.25) is 0 Å². The lowest BCUT2D eigenvalue weighted by atomic mass is 10.0. The molecule has 0 saturated heterocycles. The Morgan fingerprint density at radius 3 is 2.20 bits per heavy atom. The standard InChI is InChI=1S/C12H16O2.C3H6O.C2H6/c1-9-5-4-6-11(7-9)8-12(14-3)10(2)13;1-3(2)4;1-2/h4-7,12-13H,2,8H2,1,3H3;1-2H3;1-2H3. The summed E-state index contributed by atoms with van der Waals surface area (Å²) in [5, 5.41) is 9.22. The average Bonchev–Trinajstić information content (AvgIpc) is 2.37. The maximum absolute atomic E-state index is 9.44. The zero-order valence-corrected chi connectivity index (χ0v) is 13.6. The first kappa shape index (κ1) is 20.7. The molecule has 0 saturated carbocycles. The van der Waals surface area contributed by atoms with Gasteiger partial charge in [-0.3, -0.25) is 0 Å². The molecule has 0 radical (unpaired) electrons. The second kappa shape index (κ2) is 12.4. The number of ether oxygens (including phenoxy) is 1. The predicted octanol–water partition coefficient (Wildman–Crippen LogP) is 4.25. The molecule has 0 amide bonds. The number of aliphatic hydroxyl groups is 1. The number of benzene rings is 1. The predicted molar refractivity (Wildman–Crippen MR) is 85.2 cm³/mol. The zero-order valence-electron chi connectivity index (χ0n) is 13.6. The Labute approximate surface area is 123 Å². The maximum atomic E-state index is 9.44. The van der Waals surface area contributed by atoms with E-state index in [0.717, 1.165) is 5.56 Å². The summed E-state index contributed by atoms with van der Waals surface area (Å²) in [4.78, 5) is 9.44. The normalized spacial score (nSPS) is 10.3. The van der Waals surface area contributed by atoms with E-state index >= 15 is 0 Å². The van der Waals surface area contributed by atoms with Crippen molar-refractivity contribution >= 4 is 5.78 Å². The van der Waals surface area contributed by atoms with Crippen LogP contribution in [0.2, 0.25) is 0 Å². The Morgan fingerprint density at radius 2 is 1.85 bits per heavy atom. The summed E-state index contributed by atoms with van der Waals surface area (Å²) < 4.78 is 5.11. The molecule has 0 spiro atoms. The lowest BCUT2D eigenvalue weighted by molar-refractivity contribution is -0.114. The quantitative estimate of drug-likeness (QED) is 0.839. The van der Waals surface area contributed by atoms with Crippen molar-refractivity contribution in [3.8, 4) is 0 Å². The summed E-state index contributed by atoms with van der Waals surface area (Å²) in [6.45, 7) is 12.6. The molecule has 1 atom stereocenters. The third kappa shape index (κ3) is 11.5. The van der Waals surface area contributed by atoms with E-state index in [-0.39, 0.29) is 17.6 Å². The highest BCUT2D eigenvalue weighted by Crippen LogP contribution is 2.11. The summed E-state index contributed by atoms with van der Waals surface area (Å²) >= 11 is 0. The van der Waals surface area contributed by atoms with Crippen LogP contribution in [-0.4, -0.2) is 24.1 Å². The molecule has 3 nitrogen and oxygen atoms in total. The van der Waals surface area contributed by atoms with E-state index < -0.39 is 0 Å². The second-order valence-electron chi connectivity index (χ2n) is 4.32. The summed E-state index contributed by atoms with van der Waals surface area (Å²) in [6.07, 6.45) is 0.352. The molecule has 0 bridgehead atoms. The van der Waals surface area contributed by atoms with Crippen molar-refractivity contribution in [1.82, 2.24) is 0 Å². The largest absolute Gasteiger partial charge is 0.510 e. The van der Waals surface area contributed by atoms with E-state index in [9.17, 15) is 9.90 Å². The van der Waals surface area contributed by atoms with Gasteiger partial charge >= 0.3 is 0 Å². The van der Waals surface area contributed by atoms with Gasteiger partial charge in [0.25, 0.3) is 0 Å². The minimum Gasteiger partial charge on any atom is -0.510 e. The van der Waals surface area contributed by atoms with Crippen LogP contribution in [-0.2, 0) is 16.0 Å². The van der Waals surface area contributed by atoms with Crippen LogP contribution in [0.3, 0.4) is 0 Å². The minimum absolute atomic E-state index is 0.0778. The monoisotopic (exact) mass is 280 g/mol. The number of methoxy groups -OCH3 is 1. The first-order chi connectivity index (χ1) is 9.36. The number of hydrogen-bond acceptors (Lipinski definition) is 3. The van der Waals surface area contributed by atoms with Crippen LogP contribution in [0.4, 0.5) is 0 Å². The van der Waals surface area contributed by atoms with Crippen LogP contribution in [0.5, 0.6) is 0 Å². The first-order valence-corrected chi connectivity index (χ1v) is 6.80. The molecule has 1 N–H and O–H groups in total. The molecule has 1 rings (SSSR count). The van der Waals surface area contributed by atoms with Gasteiger partial charge in [-0.2, -0.15) is 0 Å². The lowest BCUT2D eigenvalue weighted by Gasteiger charge is -2.13. The number of Topliss-reactive ketones (excluding diaryl/α,β-unsaturated/α-hetero) is 1. The van der Waals surface area contributed by atoms with Gasteiger partial charge in [-0.1, -0.05) is 50.3 Å². The Bertz CT molecular complexity index is 393. The van der Waals surface area contributed by atoms with Gasteiger partial charge in [-0.05, 0) is 26.3 Å². The number of carbonyl (C=O) groups is 1. The molecule has 20 heavy (non-hydrogen) atoms. The molecule has 0 aromatic heterocycles. The zero-order chi connectivity index (χ0) is 16.1. The van der Waals surface area contributed by atoms with Crippen LogP contribution in [0.1, 0.15) is 38.8 Å². The van der Waals surface area contributed by atoms with Crippen molar-refractivity contribution in [2.75, 3.05) is 7.11 Å².